The zero-order valence-electron chi connectivity index (χ0n) is 73.9. The number of aliphatic hydroxyl groups is 1. The van der Waals surface area contributed by atoms with Crippen LogP contribution in [0.15, 0.2) is 71.4 Å². The molecule has 3 aliphatic rings. The van der Waals surface area contributed by atoms with Crippen molar-refractivity contribution in [1.29, 1.82) is 0 Å². The Morgan fingerprint density at radius 3 is 0.922 bits per heavy atom. The minimum atomic E-state index is -1.48. The van der Waals surface area contributed by atoms with Gasteiger partial charge >= 0.3 is 23.9 Å². The van der Waals surface area contributed by atoms with Gasteiger partial charge in [0, 0.05) is 58.6 Å². The highest BCUT2D eigenvalue weighted by Crippen LogP contribution is 2.47. The molecule has 0 unspecified atom stereocenters. The van der Waals surface area contributed by atoms with Crippen LogP contribution in [0.4, 0.5) is 17.1 Å². The van der Waals surface area contributed by atoms with Crippen LogP contribution in [-0.2, 0) is 42.9 Å². The molecule has 0 saturated carbocycles. The van der Waals surface area contributed by atoms with Crippen LogP contribution in [0.5, 0.6) is 0 Å². The lowest BCUT2D eigenvalue weighted by Gasteiger charge is -2.41. The molecule has 14 heteroatoms. The molecule has 0 atom stereocenters. The minimum Gasteiger partial charge on any atom is -0.506 e. The molecule has 14 nitrogen and oxygen atoms in total. The molecule has 0 radical (unpaired) electrons. The van der Waals surface area contributed by atoms with Crippen LogP contribution in [0, 0.1) is 0 Å². The predicted molar refractivity (Wildman–Crippen MR) is 485 cm³/mol. The van der Waals surface area contributed by atoms with E-state index in [0.29, 0.717) is 64.3 Å². The standard InChI is InChI=1S/C102H162N4O10/c1-5-9-13-17-21-25-29-33-37-41-45-49-53-57-61-71-89(107)113-79-101(80-114-90(108)72-62-58-54-50-46-42-38-34-30-26-22-18-14-10-6-2)103-87-69-65-67-83-75-77-85(97(105-101)93(83)87)95-99(111)96(100(95)112)86-78-76-84-68-66-70-88-94(84)98(86)106-102(104-88,81-115-91(109)73-63-59-55-51-47-43-39-35-31-27-23-19-15-11-7-3)82-116-92(110)74-64-60-56-52-48-44-40-36-32-28-24-20-16-12-8-4/h65-70,75-78,103-105,111H,5-64,71-74,79-82H2,1-4H3/b96-86+. The normalized spacial score (nSPS) is 14.3. The Morgan fingerprint density at radius 2 is 0.603 bits per heavy atom. The van der Waals surface area contributed by atoms with E-state index in [0.717, 1.165) is 93.2 Å². The lowest BCUT2D eigenvalue weighted by molar-refractivity contribution is -0.151. The summed E-state index contributed by atoms with van der Waals surface area (Å²) in [7, 11) is 0. The summed E-state index contributed by atoms with van der Waals surface area (Å²) in [5, 5.41) is 27.5. The van der Waals surface area contributed by atoms with Crippen molar-refractivity contribution >= 4 is 79.4 Å². The van der Waals surface area contributed by atoms with Gasteiger partial charge in [0.15, 0.2) is 11.3 Å². The zero-order valence-corrected chi connectivity index (χ0v) is 73.9. The number of hydrogen-bond acceptors (Lipinski definition) is 14. The zero-order chi connectivity index (χ0) is 82.2. The first-order chi connectivity index (χ1) is 57.0. The Labute approximate surface area is 703 Å². The van der Waals surface area contributed by atoms with Crippen LogP contribution in [0.3, 0.4) is 0 Å². The van der Waals surface area contributed by atoms with Gasteiger partial charge in [-0.25, -0.2) is 4.99 Å². The highest BCUT2D eigenvalue weighted by molar-refractivity contribution is 6.52. The van der Waals surface area contributed by atoms with Crippen molar-refractivity contribution in [2.45, 2.75) is 450 Å². The number of nitrogens with one attached hydrogen (secondary N) is 3. The van der Waals surface area contributed by atoms with Crippen molar-refractivity contribution in [1.82, 2.24) is 0 Å². The maximum absolute atomic E-state index is 15.5. The third-order valence-corrected chi connectivity index (χ3v) is 24.8. The summed E-state index contributed by atoms with van der Waals surface area (Å²) in [5.41, 5.74) is -0.378. The van der Waals surface area contributed by atoms with Crippen molar-refractivity contribution < 1.29 is 48.0 Å². The number of unbranched alkanes of at least 4 members (excludes halogenated alkanes) is 56. The van der Waals surface area contributed by atoms with Gasteiger partial charge in [-0.1, -0.05) is 436 Å². The first-order valence-corrected chi connectivity index (χ1v) is 48.6. The fourth-order valence-corrected chi connectivity index (χ4v) is 17.5. The summed E-state index contributed by atoms with van der Waals surface area (Å²) < 4.78 is 24.8. The van der Waals surface area contributed by atoms with Gasteiger partial charge in [-0.2, -0.15) is 0 Å². The molecule has 1 aliphatic carbocycles. The molecule has 7 rings (SSSR count). The molecule has 0 fully saturated rings. The van der Waals surface area contributed by atoms with Crippen LogP contribution < -0.4 is 26.5 Å². The van der Waals surface area contributed by atoms with E-state index >= 15 is 4.79 Å². The first-order valence-electron chi connectivity index (χ1n) is 48.6. The molecule has 4 aromatic rings. The summed E-state index contributed by atoms with van der Waals surface area (Å²) in [6, 6.07) is 19.2. The Morgan fingerprint density at radius 1 is 0.319 bits per heavy atom. The van der Waals surface area contributed by atoms with E-state index in [9.17, 15) is 24.3 Å². The maximum atomic E-state index is 15.5. The van der Waals surface area contributed by atoms with Crippen molar-refractivity contribution in [2.24, 2.45) is 4.99 Å². The molecule has 2 heterocycles. The molecule has 4 aromatic carbocycles. The van der Waals surface area contributed by atoms with E-state index in [-0.39, 0.29) is 92.9 Å². The highest BCUT2D eigenvalue weighted by Gasteiger charge is 2.44. The number of ketones is 1. The molecule has 4 N–H and O–H groups in total. The Kier molecular flexibility index (Phi) is 49.4. The average Bonchev–Trinajstić information content (AvgIpc) is 0.711. The summed E-state index contributed by atoms with van der Waals surface area (Å²) in [6.45, 7) is 8.20. The van der Waals surface area contributed by atoms with Crippen molar-refractivity contribution in [3.63, 3.8) is 0 Å². The number of aliphatic hydroxyl groups excluding tert-OH is 1. The van der Waals surface area contributed by atoms with Crippen molar-refractivity contribution in [2.75, 3.05) is 42.4 Å². The topological polar surface area (TPSA) is 191 Å². The second-order valence-electron chi connectivity index (χ2n) is 35.2. The third kappa shape index (κ3) is 36.2. The summed E-state index contributed by atoms with van der Waals surface area (Å²) in [4.78, 5) is 76.2. The number of hydrogen-bond donors (Lipinski definition) is 4. The first kappa shape index (κ1) is 96.7. The second kappa shape index (κ2) is 59.3. The molecule has 116 heavy (non-hydrogen) atoms. The van der Waals surface area contributed by atoms with Gasteiger partial charge < -0.3 is 40.0 Å². The largest absolute Gasteiger partial charge is 0.506 e. The Hall–Kier alpha value is -6.44. The smallest absolute Gasteiger partial charge is 0.305 e. The van der Waals surface area contributed by atoms with Crippen LogP contribution in [-0.4, -0.2) is 72.5 Å². The van der Waals surface area contributed by atoms with Gasteiger partial charge in [0.25, 0.3) is 0 Å². The number of nitrogens with zero attached hydrogens (tertiary/aromatic N) is 1. The highest BCUT2D eigenvalue weighted by atomic mass is 16.6. The van der Waals surface area contributed by atoms with Crippen LogP contribution in [0.1, 0.15) is 444 Å². The lowest BCUT2D eigenvalue weighted by Crippen LogP contribution is -2.56. The molecule has 650 valence electrons. The molecule has 0 amide bonds. The summed E-state index contributed by atoms with van der Waals surface area (Å²) >= 11 is 0. The molecule has 0 spiro atoms. The fraction of sp³-hybridized carbons (Fsp3) is 0.725. The molecule has 0 aromatic heterocycles. The molecule has 2 aliphatic heterocycles. The number of anilines is 3. The van der Waals surface area contributed by atoms with Crippen molar-refractivity contribution in [3.8, 4) is 0 Å². The quantitative estimate of drug-likeness (QED) is 0.0186. The summed E-state index contributed by atoms with van der Waals surface area (Å²) in [6.07, 6.45) is 74.5. The second-order valence-corrected chi connectivity index (χ2v) is 35.2. The molecule has 0 bridgehead atoms. The number of ether oxygens (including phenoxy) is 4. The number of carbonyl (C=O) groups excluding carboxylic acids is 5. The van der Waals surface area contributed by atoms with Crippen LogP contribution in [0.25, 0.3) is 32.7 Å². The predicted octanol–water partition coefficient (Wildman–Crippen LogP) is 28.2. The van der Waals surface area contributed by atoms with Crippen LogP contribution in [0.2, 0.25) is 0 Å². The molecular formula is C102H162N4O10. The lowest BCUT2D eigenvalue weighted by atomic mass is 9.80. The van der Waals surface area contributed by atoms with E-state index in [1.807, 2.05) is 60.7 Å². The number of esters is 4. The maximum Gasteiger partial charge on any atom is 0.305 e. The number of carbonyl (C=O) groups is 5. The van der Waals surface area contributed by atoms with E-state index in [1.165, 1.54) is 283 Å². The Balaban J connectivity index is 1.05. The number of allylic oxidation sites excluding steroid dienone is 2. The van der Waals surface area contributed by atoms with E-state index in [2.05, 4.69) is 43.6 Å². The van der Waals surface area contributed by atoms with Gasteiger partial charge in [0.2, 0.25) is 5.78 Å². The van der Waals surface area contributed by atoms with Crippen LogP contribution >= 0.6 is 0 Å². The molecule has 0 saturated heterocycles. The number of Topliss-reactive ketones (excluding diaryl/α,β-unsaturated/α-hetero) is 1. The molecular weight excluding hydrogens is 1440 g/mol. The average molecular weight is 1600 g/mol. The van der Waals surface area contributed by atoms with Gasteiger partial charge in [-0.3, -0.25) is 24.0 Å². The third-order valence-electron chi connectivity index (χ3n) is 24.8. The summed E-state index contributed by atoms with van der Waals surface area (Å²) in [5.74, 6) is -2.04. The van der Waals surface area contributed by atoms with Gasteiger partial charge in [-0.15, -0.1) is 0 Å². The van der Waals surface area contributed by atoms with Gasteiger partial charge in [-0.05, 0) is 48.6 Å². The van der Waals surface area contributed by atoms with E-state index in [1.54, 1.807) is 0 Å². The monoisotopic (exact) mass is 1600 g/mol. The Bertz CT molecular complexity index is 3500. The SMILES string of the molecule is CCCCCCCCCCCCCCCCCC(=O)OCC1(COC(=O)CCCCCCCCCCCCCCCCC)N=c2/c(=C3/C(=O)C(c4ccc5cccc6c5c4NC(COC(=O)CCCCCCCCCCCCCCCCC)(COC(=O)CCCCCCCCCCCCCCCCC)N6)=C3O)ccc3cccc(c23)N1. The number of benzene rings is 4. The fourth-order valence-electron chi connectivity index (χ4n) is 17.5. The van der Waals surface area contributed by atoms with E-state index < -0.39 is 17.1 Å². The van der Waals surface area contributed by atoms with Gasteiger partial charge in [0.05, 0.1) is 22.2 Å². The number of rotatable bonds is 73. The van der Waals surface area contributed by atoms with E-state index in [4.69, 9.17) is 23.9 Å². The van der Waals surface area contributed by atoms with Crippen molar-refractivity contribution in [3.05, 3.63) is 82.6 Å². The van der Waals surface area contributed by atoms with Gasteiger partial charge in [0.1, 0.15) is 32.2 Å². The minimum absolute atomic E-state index is 0.0721.